The van der Waals surface area contributed by atoms with Gasteiger partial charge in [-0.15, -0.1) is 10.2 Å². The van der Waals surface area contributed by atoms with Gasteiger partial charge in [0.1, 0.15) is 11.5 Å². The Morgan fingerprint density at radius 1 is 0.944 bits per heavy atom. The van der Waals surface area contributed by atoms with Crippen LogP contribution < -0.4 is 0 Å². The SMILES string of the molecule is Fc1ccccc1-c1cccc(-c2nn[nH]n2)n1. The van der Waals surface area contributed by atoms with E-state index in [9.17, 15) is 4.39 Å². The monoisotopic (exact) mass is 241 g/mol. The normalized spacial score (nSPS) is 10.5. The van der Waals surface area contributed by atoms with E-state index in [2.05, 4.69) is 25.6 Å². The summed E-state index contributed by atoms with van der Waals surface area (Å²) in [6.07, 6.45) is 0. The van der Waals surface area contributed by atoms with E-state index < -0.39 is 0 Å². The van der Waals surface area contributed by atoms with E-state index in [0.717, 1.165) is 0 Å². The number of nitrogens with zero attached hydrogens (tertiary/aromatic N) is 4. The molecule has 0 spiro atoms. The Morgan fingerprint density at radius 2 is 1.78 bits per heavy atom. The zero-order valence-corrected chi connectivity index (χ0v) is 9.21. The van der Waals surface area contributed by atoms with Gasteiger partial charge in [-0.05, 0) is 29.5 Å². The largest absolute Gasteiger partial charge is 0.244 e. The number of nitrogens with one attached hydrogen (secondary N) is 1. The lowest BCUT2D eigenvalue weighted by atomic mass is 10.1. The summed E-state index contributed by atoms with van der Waals surface area (Å²) in [6, 6.07) is 11.7. The zero-order valence-electron chi connectivity index (χ0n) is 9.21. The predicted molar refractivity (Wildman–Crippen MR) is 62.8 cm³/mol. The van der Waals surface area contributed by atoms with Crippen LogP contribution in [0.3, 0.4) is 0 Å². The summed E-state index contributed by atoms with van der Waals surface area (Å²) < 4.78 is 13.7. The molecule has 0 saturated carbocycles. The number of hydrogen-bond donors (Lipinski definition) is 1. The highest BCUT2D eigenvalue weighted by molar-refractivity contribution is 5.63. The van der Waals surface area contributed by atoms with Crippen molar-refractivity contribution in [3.8, 4) is 22.8 Å². The number of benzene rings is 1. The van der Waals surface area contributed by atoms with Crippen LogP contribution in [0, 0.1) is 5.82 Å². The van der Waals surface area contributed by atoms with Gasteiger partial charge < -0.3 is 0 Å². The Labute approximate surface area is 102 Å². The Hall–Kier alpha value is -2.63. The van der Waals surface area contributed by atoms with E-state index in [4.69, 9.17) is 0 Å². The summed E-state index contributed by atoms with van der Waals surface area (Å²) in [7, 11) is 0. The molecule has 3 aromatic rings. The lowest BCUT2D eigenvalue weighted by Gasteiger charge is -2.03. The highest BCUT2D eigenvalue weighted by Gasteiger charge is 2.09. The van der Waals surface area contributed by atoms with Crippen LogP contribution in [0.2, 0.25) is 0 Å². The number of aromatic nitrogens is 5. The minimum atomic E-state index is -0.310. The molecule has 0 unspecified atom stereocenters. The van der Waals surface area contributed by atoms with Crippen LogP contribution in [-0.2, 0) is 0 Å². The van der Waals surface area contributed by atoms with Crippen LogP contribution in [0.4, 0.5) is 4.39 Å². The number of pyridine rings is 1. The summed E-state index contributed by atoms with van der Waals surface area (Å²) >= 11 is 0. The second kappa shape index (κ2) is 4.33. The van der Waals surface area contributed by atoms with Crippen molar-refractivity contribution in [2.24, 2.45) is 0 Å². The van der Waals surface area contributed by atoms with Gasteiger partial charge in [0.05, 0.1) is 5.69 Å². The predicted octanol–water partition coefficient (Wildman–Crippen LogP) is 2.07. The van der Waals surface area contributed by atoms with Gasteiger partial charge >= 0.3 is 0 Å². The molecular weight excluding hydrogens is 233 g/mol. The zero-order chi connectivity index (χ0) is 12.4. The van der Waals surface area contributed by atoms with Gasteiger partial charge in [-0.1, -0.05) is 18.2 Å². The Morgan fingerprint density at radius 3 is 2.56 bits per heavy atom. The highest BCUT2D eigenvalue weighted by atomic mass is 19.1. The van der Waals surface area contributed by atoms with Crippen molar-refractivity contribution in [3.63, 3.8) is 0 Å². The molecule has 18 heavy (non-hydrogen) atoms. The first kappa shape index (κ1) is 10.5. The first-order chi connectivity index (χ1) is 8.84. The Kier molecular flexibility index (Phi) is 2.53. The first-order valence-corrected chi connectivity index (χ1v) is 5.30. The van der Waals surface area contributed by atoms with E-state index in [1.165, 1.54) is 6.07 Å². The van der Waals surface area contributed by atoms with Gasteiger partial charge in [0.15, 0.2) is 0 Å². The summed E-state index contributed by atoms with van der Waals surface area (Å²) in [6.45, 7) is 0. The third kappa shape index (κ3) is 1.84. The third-order valence-electron chi connectivity index (χ3n) is 2.47. The fourth-order valence-electron chi connectivity index (χ4n) is 1.65. The van der Waals surface area contributed by atoms with Gasteiger partial charge in [-0.2, -0.15) is 5.21 Å². The van der Waals surface area contributed by atoms with E-state index in [-0.39, 0.29) is 5.82 Å². The molecule has 0 aliphatic carbocycles. The highest BCUT2D eigenvalue weighted by Crippen LogP contribution is 2.22. The third-order valence-corrected chi connectivity index (χ3v) is 2.47. The lowest BCUT2D eigenvalue weighted by Crippen LogP contribution is -1.91. The molecular formula is C12H8FN5. The van der Waals surface area contributed by atoms with Crippen LogP contribution in [-0.4, -0.2) is 25.6 Å². The molecule has 3 rings (SSSR count). The lowest BCUT2D eigenvalue weighted by molar-refractivity contribution is 0.631. The number of hydrogen-bond acceptors (Lipinski definition) is 4. The van der Waals surface area contributed by atoms with Gasteiger partial charge in [0.25, 0.3) is 0 Å². The minimum absolute atomic E-state index is 0.310. The molecule has 0 fully saturated rings. The van der Waals surface area contributed by atoms with Crippen LogP contribution in [0.5, 0.6) is 0 Å². The number of aromatic amines is 1. The van der Waals surface area contributed by atoms with Gasteiger partial charge in [0, 0.05) is 5.56 Å². The molecule has 0 aliphatic rings. The van der Waals surface area contributed by atoms with Gasteiger partial charge in [-0.25, -0.2) is 9.37 Å². The van der Waals surface area contributed by atoms with Gasteiger partial charge in [-0.3, -0.25) is 0 Å². The number of H-pyrrole nitrogens is 1. The van der Waals surface area contributed by atoms with Crippen molar-refractivity contribution in [1.82, 2.24) is 25.6 Å². The number of rotatable bonds is 2. The molecule has 0 aliphatic heterocycles. The fourth-order valence-corrected chi connectivity index (χ4v) is 1.65. The molecule has 6 heteroatoms. The van der Waals surface area contributed by atoms with Crippen LogP contribution >= 0.6 is 0 Å². The van der Waals surface area contributed by atoms with E-state index in [1.807, 2.05) is 0 Å². The molecule has 2 heterocycles. The molecule has 5 nitrogen and oxygen atoms in total. The van der Waals surface area contributed by atoms with Crippen LogP contribution in [0.15, 0.2) is 42.5 Å². The molecule has 0 bridgehead atoms. The first-order valence-electron chi connectivity index (χ1n) is 5.30. The summed E-state index contributed by atoms with van der Waals surface area (Å²) in [5, 5.41) is 13.5. The van der Waals surface area contributed by atoms with Crippen molar-refractivity contribution in [3.05, 3.63) is 48.3 Å². The van der Waals surface area contributed by atoms with E-state index >= 15 is 0 Å². The average molecular weight is 241 g/mol. The van der Waals surface area contributed by atoms with E-state index in [1.54, 1.807) is 36.4 Å². The fraction of sp³-hybridized carbons (Fsp3) is 0. The molecule has 0 atom stereocenters. The summed E-state index contributed by atoms with van der Waals surface area (Å²) in [5.41, 5.74) is 1.53. The average Bonchev–Trinajstić information content (AvgIpc) is 2.93. The molecule has 2 aromatic heterocycles. The second-order valence-corrected chi connectivity index (χ2v) is 3.62. The van der Waals surface area contributed by atoms with Crippen molar-refractivity contribution in [2.45, 2.75) is 0 Å². The Balaban J connectivity index is 2.10. The molecule has 0 amide bonds. The summed E-state index contributed by atoms with van der Waals surface area (Å²) in [4.78, 5) is 4.32. The molecule has 0 radical (unpaired) electrons. The van der Waals surface area contributed by atoms with Crippen LogP contribution in [0.25, 0.3) is 22.8 Å². The van der Waals surface area contributed by atoms with E-state index in [0.29, 0.717) is 22.8 Å². The molecule has 88 valence electrons. The molecule has 0 saturated heterocycles. The minimum Gasteiger partial charge on any atom is -0.244 e. The van der Waals surface area contributed by atoms with Crippen molar-refractivity contribution in [2.75, 3.05) is 0 Å². The number of tetrazole rings is 1. The summed E-state index contributed by atoms with van der Waals surface area (Å²) in [5.74, 6) is 0.0726. The van der Waals surface area contributed by atoms with Crippen molar-refractivity contribution in [1.29, 1.82) is 0 Å². The topological polar surface area (TPSA) is 67.3 Å². The number of halogens is 1. The van der Waals surface area contributed by atoms with Crippen LogP contribution in [0.1, 0.15) is 0 Å². The maximum Gasteiger partial charge on any atom is 0.222 e. The van der Waals surface area contributed by atoms with Crippen molar-refractivity contribution >= 4 is 0 Å². The standard InChI is InChI=1S/C12H8FN5/c13-9-5-2-1-4-8(9)10-6-3-7-11(14-10)12-15-17-18-16-12/h1-7H,(H,15,16,17,18). The molecule has 1 aromatic carbocycles. The smallest absolute Gasteiger partial charge is 0.222 e. The van der Waals surface area contributed by atoms with Crippen molar-refractivity contribution < 1.29 is 4.39 Å². The quantitative estimate of drug-likeness (QED) is 0.745. The molecule has 1 N–H and O–H groups in total. The maximum absolute atomic E-state index is 13.7. The maximum atomic E-state index is 13.7. The Bertz CT molecular complexity index is 666. The second-order valence-electron chi connectivity index (χ2n) is 3.62. The van der Waals surface area contributed by atoms with Gasteiger partial charge in [0.2, 0.25) is 5.82 Å².